The molecule has 1 heteroatoms. The van der Waals surface area contributed by atoms with Crippen LogP contribution in [-0.2, 0) is 10.8 Å². The lowest BCUT2D eigenvalue weighted by Crippen LogP contribution is -2.18. The molecule has 10 aromatic carbocycles. The van der Waals surface area contributed by atoms with E-state index in [2.05, 4.69) is 245 Å². The molecule has 0 bridgehead atoms. The van der Waals surface area contributed by atoms with Crippen LogP contribution in [0.15, 0.2) is 212 Å². The van der Waals surface area contributed by atoms with Gasteiger partial charge in [0, 0.05) is 27.9 Å². The molecule has 1 nitrogen and oxygen atoms in total. The van der Waals surface area contributed by atoms with Crippen LogP contribution in [0.3, 0.4) is 0 Å². The molecule has 0 N–H and O–H groups in total. The topological polar surface area (TPSA) is 3.24 Å². The van der Waals surface area contributed by atoms with E-state index in [1.165, 1.54) is 99.4 Å². The summed E-state index contributed by atoms with van der Waals surface area (Å²) in [6, 6.07) is 78.8. The van der Waals surface area contributed by atoms with Gasteiger partial charge in [-0.1, -0.05) is 191 Å². The van der Waals surface area contributed by atoms with Crippen LogP contribution in [0.25, 0.3) is 77.2 Å². The Morgan fingerprint density at radius 2 is 0.667 bits per heavy atom. The molecule has 0 saturated carbocycles. The zero-order chi connectivity index (χ0) is 42.5. The molecule has 2 aliphatic rings. The number of fused-ring (bicyclic) bond motifs is 10. The number of benzene rings is 10. The van der Waals surface area contributed by atoms with Crippen molar-refractivity contribution >= 4 is 38.6 Å². The fourth-order valence-corrected chi connectivity index (χ4v) is 11.2. The van der Waals surface area contributed by atoms with Crippen LogP contribution in [0.5, 0.6) is 0 Å². The van der Waals surface area contributed by atoms with Crippen molar-refractivity contribution in [2.75, 3.05) is 4.90 Å². The van der Waals surface area contributed by atoms with Crippen molar-refractivity contribution in [1.82, 2.24) is 0 Å². The van der Waals surface area contributed by atoms with Gasteiger partial charge in [0.15, 0.2) is 0 Å². The average molecular weight is 806 g/mol. The van der Waals surface area contributed by atoms with E-state index in [0.717, 1.165) is 17.1 Å². The largest absolute Gasteiger partial charge is 0.310 e. The Balaban J connectivity index is 1.07. The first-order valence-electron chi connectivity index (χ1n) is 22.3. The molecule has 0 fully saturated rings. The summed E-state index contributed by atoms with van der Waals surface area (Å²) in [5.74, 6) is 0. The Morgan fingerprint density at radius 1 is 0.302 bits per heavy atom. The van der Waals surface area contributed by atoms with Crippen LogP contribution in [0.4, 0.5) is 17.1 Å². The molecular weight excluding hydrogens is 759 g/mol. The summed E-state index contributed by atoms with van der Waals surface area (Å²) in [4.78, 5) is 2.49. The van der Waals surface area contributed by atoms with Crippen molar-refractivity contribution in [2.45, 2.75) is 38.5 Å². The van der Waals surface area contributed by atoms with Crippen LogP contribution in [0, 0.1) is 0 Å². The summed E-state index contributed by atoms with van der Waals surface area (Å²) in [6.07, 6.45) is 0. The van der Waals surface area contributed by atoms with Gasteiger partial charge in [-0.3, -0.25) is 0 Å². The maximum Gasteiger partial charge on any atom is 0.0465 e. The van der Waals surface area contributed by atoms with Crippen molar-refractivity contribution in [3.8, 4) is 55.6 Å². The van der Waals surface area contributed by atoms with Gasteiger partial charge in [0.05, 0.1) is 0 Å². The Kier molecular flexibility index (Phi) is 8.30. The molecule has 2 aliphatic carbocycles. The number of rotatable bonds is 6. The predicted molar refractivity (Wildman–Crippen MR) is 268 cm³/mol. The second-order valence-electron chi connectivity index (χ2n) is 18.5. The normalized spacial score (nSPS) is 14.0. The molecule has 10 aromatic rings. The van der Waals surface area contributed by atoms with Gasteiger partial charge < -0.3 is 4.90 Å². The smallest absolute Gasteiger partial charge is 0.0465 e. The summed E-state index contributed by atoms with van der Waals surface area (Å²) < 4.78 is 0. The number of hydrogen-bond donors (Lipinski definition) is 0. The lowest BCUT2D eigenvalue weighted by molar-refractivity contribution is 0.666. The molecule has 0 spiro atoms. The predicted octanol–water partition coefficient (Wildman–Crippen LogP) is 17.1. The van der Waals surface area contributed by atoms with Gasteiger partial charge >= 0.3 is 0 Å². The standard InChI is InChI=1S/C62H47N/c1-61(2)55-38-47(32-34-51(55)57-53(42-20-10-6-11-21-42)36-44-24-14-16-26-49(44)59(57)61)63(46-30-28-41(29-31-46)40-18-8-5-9-19-40)48-33-35-52-56(39-48)62(3,4)60-50-27-17-15-25-45(50)37-54(58(52)60)43-22-12-7-13-23-43/h5-39H,1-4H3. The lowest BCUT2D eigenvalue weighted by Gasteiger charge is -2.30. The van der Waals surface area contributed by atoms with E-state index in [1.54, 1.807) is 0 Å². The maximum atomic E-state index is 2.49. The molecular formula is C62H47N. The van der Waals surface area contributed by atoms with Crippen LogP contribution >= 0.6 is 0 Å². The molecule has 0 saturated heterocycles. The quantitative estimate of drug-likeness (QED) is 0.162. The minimum Gasteiger partial charge on any atom is -0.310 e. The van der Waals surface area contributed by atoms with Gasteiger partial charge in [-0.05, 0) is 148 Å². The zero-order valence-electron chi connectivity index (χ0n) is 36.2. The number of anilines is 3. The maximum absolute atomic E-state index is 2.49. The molecule has 0 atom stereocenters. The Labute approximate surface area is 370 Å². The fraction of sp³-hybridized carbons (Fsp3) is 0.0968. The van der Waals surface area contributed by atoms with Crippen molar-refractivity contribution in [1.29, 1.82) is 0 Å². The first-order valence-corrected chi connectivity index (χ1v) is 22.3. The molecule has 0 aromatic heterocycles. The Bertz CT molecular complexity index is 3220. The van der Waals surface area contributed by atoms with Crippen molar-refractivity contribution in [3.05, 3.63) is 235 Å². The van der Waals surface area contributed by atoms with Crippen LogP contribution < -0.4 is 4.90 Å². The van der Waals surface area contributed by atoms with E-state index in [0.29, 0.717) is 0 Å². The number of hydrogen-bond acceptors (Lipinski definition) is 1. The summed E-state index contributed by atoms with van der Waals surface area (Å²) in [6.45, 7) is 9.69. The first kappa shape index (κ1) is 37.3. The van der Waals surface area contributed by atoms with Crippen LogP contribution in [0.1, 0.15) is 49.9 Å². The molecule has 63 heavy (non-hydrogen) atoms. The molecule has 12 rings (SSSR count). The minimum absolute atomic E-state index is 0.246. The third-order valence-corrected chi connectivity index (χ3v) is 14.2. The van der Waals surface area contributed by atoms with E-state index in [4.69, 9.17) is 0 Å². The summed E-state index contributed by atoms with van der Waals surface area (Å²) in [5.41, 5.74) is 21.3. The van der Waals surface area contributed by atoms with Crippen LogP contribution in [0.2, 0.25) is 0 Å². The number of nitrogens with zero attached hydrogens (tertiary/aromatic N) is 1. The lowest BCUT2D eigenvalue weighted by atomic mass is 9.79. The van der Waals surface area contributed by atoms with Gasteiger partial charge in [-0.25, -0.2) is 0 Å². The van der Waals surface area contributed by atoms with Crippen LogP contribution in [-0.4, -0.2) is 0 Å². The van der Waals surface area contributed by atoms with Gasteiger partial charge in [0.25, 0.3) is 0 Å². The van der Waals surface area contributed by atoms with Gasteiger partial charge in [0.1, 0.15) is 0 Å². The average Bonchev–Trinajstić information content (AvgIpc) is 3.72. The summed E-state index contributed by atoms with van der Waals surface area (Å²) >= 11 is 0. The molecule has 0 unspecified atom stereocenters. The van der Waals surface area contributed by atoms with Gasteiger partial charge in [-0.2, -0.15) is 0 Å². The van der Waals surface area contributed by atoms with Gasteiger partial charge in [-0.15, -0.1) is 0 Å². The molecule has 0 heterocycles. The highest BCUT2D eigenvalue weighted by Gasteiger charge is 2.41. The third kappa shape index (κ3) is 5.69. The van der Waals surface area contributed by atoms with Crippen molar-refractivity contribution < 1.29 is 0 Å². The van der Waals surface area contributed by atoms with E-state index < -0.39 is 0 Å². The highest BCUT2D eigenvalue weighted by Crippen LogP contribution is 2.58. The molecule has 0 radical (unpaired) electrons. The fourth-order valence-electron chi connectivity index (χ4n) is 11.2. The first-order chi connectivity index (χ1) is 30.8. The van der Waals surface area contributed by atoms with Gasteiger partial charge in [0.2, 0.25) is 0 Å². The Morgan fingerprint density at radius 3 is 1.11 bits per heavy atom. The highest BCUT2D eigenvalue weighted by molar-refractivity contribution is 6.07. The second-order valence-corrected chi connectivity index (χ2v) is 18.5. The second kappa shape index (κ2) is 14.0. The third-order valence-electron chi connectivity index (χ3n) is 14.2. The summed E-state index contributed by atoms with van der Waals surface area (Å²) in [5, 5.41) is 5.21. The minimum atomic E-state index is -0.246. The van der Waals surface area contributed by atoms with E-state index in [1.807, 2.05) is 0 Å². The summed E-state index contributed by atoms with van der Waals surface area (Å²) in [7, 11) is 0. The molecule has 300 valence electrons. The van der Waals surface area contributed by atoms with Crippen molar-refractivity contribution in [3.63, 3.8) is 0 Å². The zero-order valence-corrected chi connectivity index (χ0v) is 36.2. The van der Waals surface area contributed by atoms with E-state index in [-0.39, 0.29) is 10.8 Å². The van der Waals surface area contributed by atoms with E-state index in [9.17, 15) is 0 Å². The SMILES string of the molecule is CC1(C)c2cc(N(c3ccc(-c4ccccc4)cc3)c3ccc4c(c3)C(C)(C)c3c-4c(-c4ccccc4)cc4ccccc34)ccc2-c2c(-c3ccccc3)cc3ccccc3c21. The Hall–Kier alpha value is -7.48. The molecule has 0 aliphatic heterocycles. The van der Waals surface area contributed by atoms with E-state index >= 15 is 0 Å². The molecule has 0 amide bonds. The monoisotopic (exact) mass is 805 g/mol. The highest BCUT2D eigenvalue weighted by atomic mass is 15.1. The van der Waals surface area contributed by atoms with Crippen molar-refractivity contribution in [2.24, 2.45) is 0 Å².